The van der Waals surface area contributed by atoms with Crippen molar-refractivity contribution >= 4 is 5.91 Å². The third-order valence-electron chi connectivity index (χ3n) is 3.42. The lowest BCUT2D eigenvalue weighted by atomic mass is 10.2. The van der Waals surface area contributed by atoms with E-state index in [0.29, 0.717) is 6.04 Å². The van der Waals surface area contributed by atoms with Crippen molar-refractivity contribution in [1.82, 2.24) is 10.2 Å². The summed E-state index contributed by atoms with van der Waals surface area (Å²) in [6.45, 7) is 3.95. The van der Waals surface area contributed by atoms with Gasteiger partial charge >= 0.3 is 0 Å². The molecular weight excluding hydrogens is 228 g/mol. The van der Waals surface area contributed by atoms with Gasteiger partial charge in [0.1, 0.15) is 5.75 Å². The Hall–Kier alpha value is -1.55. The molecule has 1 N–H and O–H groups in total. The molecule has 0 radical (unpaired) electrons. The molecule has 1 saturated heterocycles. The molecule has 0 bridgehead atoms. The number of rotatable bonds is 4. The number of hydrogen-bond donors (Lipinski definition) is 1. The third kappa shape index (κ3) is 3.01. The number of amides is 1. The summed E-state index contributed by atoms with van der Waals surface area (Å²) in [6, 6.07) is 8.04. The van der Waals surface area contributed by atoms with Gasteiger partial charge in [-0.2, -0.15) is 0 Å². The highest BCUT2D eigenvalue weighted by Crippen LogP contribution is 2.16. The molecule has 4 nitrogen and oxygen atoms in total. The Kier molecular flexibility index (Phi) is 4.20. The number of para-hydroxylation sites is 1. The zero-order chi connectivity index (χ0) is 13.0. The summed E-state index contributed by atoms with van der Waals surface area (Å²) in [6.07, 6.45) is 1.02. The van der Waals surface area contributed by atoms with E-state index >= 15 is 0 Å². The molecule has 0 aliphatic carbocycles. The SMILES string of the molecule is Cc1ccccc1OCC(=O)N(C)[C@H]1CCNC1. The molecule has 1 aliphatic rings. The molecular formula is C14H20N2O2. The first-order valence-electron chi connectivity index (χ1n) is 6.33. The summed E-state index contributed by atoms with van der Waals surface area (Å²) in [5.41, 5.74) is 1.05. The minimum Gasteiger partial charge on any atom is -0.484 e. The minimum atomic E-state index is 0.0342. The molecule has 1 amide bonds. The van der Waals surface area contributed by atoms with Crippen molar-refractivity contribution < 1.29 is 9.53 Å². The molecule has 1 aromatic carbocycles. The number of nitrogens with one attached hydrogen (secondary N) is 1. The van der Waals surface area contributed by atoms with Crippen LogP contribution < -0.4 is 10.1 Å². The van der Waals surface area contributed by atoms with Crippen LogP contribution in [-0.2, 0) is 4.79 Å². The van der Waals surface area contributed by atoms with Gasteiger partial charge in [0.2, 0.25) is 0 Å². The summed E-state index contributed by atoms with van der Waals surface area (Å²) in [5.74, 6) is 0.816. The standard InChI is InChI=1S/C14H20N2O2/c1-11-5-3-4-6-13(11)18-10-14(17)16(2)12-7-8-15-9-12/h3-6,12,15H,7-10H2,1-2H3/t12-/m0/s1. The van der Waals surface area contributed by atoms with Gasteiger partial charge in [0.05, 0.1) is 0 Å². The highest BCUT2D eigenvalue weighted by atomic mass is 16.5. The van der Waals surface area contributed by atoms with Crippen LogP contribution in [0.2, 0.25) is 0 Å². The Morgan fingerprint density at radius 3 is 2.94 bits per heavy atom. The molecule has 1 fully saturated rings. The smallest absolute Gasteiger partial charge is 0.260 e. The Morgan fingerprint density at radius 1 is 1.50 bits per heavy atom. The van der Waals surface area contributed by atoms with Crippen LogP contribution in [0.3, 0.4) is 0 Å². The molecule has 0 aromatic heterocycles. The van der Waals surface area contributed by atoms with E-state index in [2.05, 4.69) is 5.32 Å². The number of ether oxygens (including phenoxy) is 1. The topological polar surface area (TPSA) is 41.6 Å². The van der Waals surface area contributed by atoms with E-state index in [1.807, 2.05) is 38.2 Å². The number of nitrogens with zero attached hydrogens (tertiary/aromatic N) is 1. The fraction of sp³-hybridized carbons (Fsp3) is 0.500. The molecule has 4 heteroatoms. The maximum Gasteiger partial charge on any atom is 0.260 e. The van der Waals surface area contributed by atoms with Gasteiger partial charge in [0.25, 0.3) is 5.91 Å². The molecule has 18 heavy (non-hydrogen) atoms. The van der Waals surface area contributed by atoms with E-state index in [9.17, 15) is 4.79 Å². The predicted molar refractivity (Wildman–Crippen MR) is 70.7 cm³/mol. The van der Waals surface area contributed by atoms with Gasteiger partial charge < -0.3 is 15.0 Å². The Bertz CT molecular complexity index is 414. The number of carbonyl (C=O) groups excluding carboxylic acids is 1. The fourth-order valence-electron chi connectivity index (χ4n) is 2.13. The van der Waals surface area contributed by atoms with Crippen molar-refractivity contribution in [3.8, 4) is 5.75 Å². The summed E-state index contributed by atoms with van der Waals surface area (Å²) < 4.78 is 5.57. The number of aryl methyl sites for hydroxylation is 1. The van der Waals surface area contributed by atoms with Crippen molar-refractivity contribution in [2.75, 3.05) is 26.7 Å². The Morgan fingerprint density at radius 2 is 2.28 bits per heavy atom. The summed E-state index contributed by atoms with van der Waals surface area (Å²) in [5, 5.41) is 3.26. The highest BCUT2D eigenvalue weighted by molar-refractivity contribution is 5.77. The van der Waals surface area contributed by atoms with Crippen LogP contribution in [-0.4, -0.2) is 43.6 Å². The number of benzene rings is 1. The van der Waals surface area contributed by atoms with Gasteiger partial charge in [-0.05, 0) is 31.5 Å². The van der Waals surface area contributed by atoms with Crippen molar-refractivity contribution in [3.05, 3.63) is 29.8 Å². The first-order valence-corrected chi connectivity index (χ1v) is 6.33. The highest BCUT2D eigenvalue weighted by Gasteiger charge is 2.23. The average Bonchev–Trinajstić information content (AvgIpc) is 2.90. The zero-order valence-corrected chi connectivity index (χ0v) is 11.0. The second-order valence-corrected chi connectivity index (χ2v) is 4.71. The van der Waals surface area contributed by atoms with Gasteiger partial charge in [-0.1, -0.05) is 18.2 Å². The molecule has 98 valence electrons. The largest absolute Gasteiger partial charge is 0.484 e. The monoisotopic (exact) mass is 248 g/mol. The van der Waals surface area contributed by atoms with Crippen LogP contribution in [0.4, 0.5) is 0 Å². The van der Waals surface area contributed by atoms with Crippen LogP contribution >= 0.6 is 0 Å². The summed E-state index contributed by atoms with van der Waals surface area (Å²) >= 11 is 0. The van der Waals surface area contributed by atoms with E-state index in [4.69, 9.17) is 4.74 Å². The van der Waals surface area contributed by atoms with Crippen LogP contribution in [0.25, 0.3) is 0 Å². The number of likely N-dealkylation sites (N-methyl/N-ethyl adjacent to an activating group) is 1. The van der Waals surface area contributed by atoms with Gasteiger partial charge in [0, 0.05) is 19.6 Å². The molecule has 0 spiro atoms. The maximum atomic E-state index is 12.0. The predicted octanol–water partition coefficient (Wildman–Crippen LogP) is 1.19. The molecule has 1 atom stereocenters. The molecule has 1 heterocycles. The number of hydrogen-bond acceptors (Lipinski definition) is 3. The van der Waals surface area contributed by atoms with E-state index < -0.39 is 0 Å². The quantitative estimate of drug-likeness (QED) is 0.870. The second kappa shape index (κ2) is 5.87. The second-order valence-electron chi connectivity index (χ2n) is 4.71. The van der Waals surface area contributed by atoms with Crippen molar-refractivity contribution in [2.45, 2.75) is 19.4 Å². The van der Waals surface area contributed by atoms with Crippen molar-refractivity contribution in [3.63, 3.8) is 0 Å². The van der Waals surface area contributed by atoms with E-state index in [1.165, 1.54) is 0 Å². The molecule has 2 rings (SSSR count). The lowest BCUT2D eigenvalue weighted by Crippen LogP contribution is -2.40. The Labute approximate surface area is 108 Å². The molecule has 0 saturated carbocycles. The van der Waals surface area contributed by atoms with Crippen molar-refractivity contribution in [1.29, 1.82) is 0 Å². The summed E-state index contributed by atoms with van der Waals surface area (Å²) in [7, 11) is 1.85. The van der Waals surface area contributed by atoms with Crippen molar-refractivity contribution in [2.24, 2.45) is 0 Å². The third-order valence-corrected chi connectivity index (χ3v) is 3.42. The average molecular weight is 248 g/mol. The van der Waals surface area contributed by atoms with Crippen LogP contribution in [0, 0.1) is 6.92 Å². The maximum absolute atomic E-state index is 12.0. The van der Waals surface area contributed by atoms with Crippen LogP contribution in [0.1, 0.15) is 12.0 Å². The first-order chi connectivity index (χ1) is 8.68. The molecule has 1 aromatic rings. The van der Waals surface area contributed by atoms with Gasteiger partial charge in [0.15, 0.2) is 6.61 Å². The molecule has 0 unspecified atom stereocenters. The van der Waals surface area contributed by atoms with E-state index in [0.717, 1.165) is 30.8 Å². The Balaban J connectivity index is 1.86. The van der Waals surface area contributed by atoms with Gasteiger partial charge in [-0.15, -0.1) is 0 Å². The van der Waals surface area contributed by atoms with Gasteiger partial charge in [-0.3, -0.25) is 4.79 Å². The van der Waals surface area contributed by atoms with Gasteiger partial charge in [-0.25, -0.2) is 0 Å². The zero-order valence-electron chi connectivity index (χ0n) is 11.0. The first kappa shape index (κ1) is 12.9. The van der Waals surface area contributed by atoms with E-state index in [1.54, 1.807) is 4.90 Å². The minimum absolute atomic E-state index is 0.0342. The number of carbonyl (C=O) groups is 1. The fourth-order valence-corrected chi connectivity index (χ4v) is 2.13. The van der Waals surface area contributed by atoms with Crippen LogP contribution in [0.15, 0.2) is 24.3 Å². The molecule has 1 aliphatic heterocycles. The lowest BCUT2D eigenvalue weighted by molar-refractivity contribution is -0.133. The van der Waals surface area contributed by atoms with Crippen LogP contribution in [0.5, 0.6) is 5.75 Å². The normalized spacial score (nSPS) is 18.7. The lowest BCUT2D eigenvalue weighted by Gasteiger charge is -2.23. The summed E-state index contributed by atoms with van der Waals surface area (Å²) in [4.78, 5) is 13.8. The van der Waals surface area contributed by atoms with E-state index in [-0.39, 0.29) is 12.5 Å².